The number of aromatic nitrogens is 6. The van der Waals surface area contributed by atoms with E-state index in [1.54, 1.807) is 0 Å². The summed E-state index contributed by atoms with van der Waals surface area (Å²) in [6, 6.07) is 19.2. The molecule has 0 aliphatic heterocycles. The summed E-state index contributed by atoms with van der Waals surface area (Å²) in [7, 11) is 0. The van der Waals surface area contributed by atoms with Crippen LogP contribution in [0.3, 0.4) is 0 Å². The molecule has 4 rings (SSSR count). The van der Waals surface area contributed by atoms with Gasteiger partial charge in [0.25, 0.3) is 0 Å². The van der Waals surface area contributed by atoms with Crippen molar-refractivity contribution in [1.82, 2.24) is 30.0 Å². The Morgan fingerprint density at radius 1 is 0.583 bits per heavy atom. The van der Waals surface area contributed by atoms with Crippen LogP contribution in [0.5, 0.6) is 0 Å². The summed E-state index contributed by atoms with van der Waals surface area (Å²) in [6.07, 6.45) is 3.08. The Labute approximate surface area is 137 Å². The van der Waals surface area contributed by atoms with Crippen molar-refractivity contribution in [1.29, 1.82) is 0 Å². The molecule has 8 heteroatoms. The van der Waals surface area contributed by atoms with Crippen LogP contribution in [0.1, 0.15) is 0 Å². The molecule has 0 unspecified atom stereocenters. The summed E-state index contributed by atoms with van der Waals surface area (Å²) >= 11 is 0. The Kier molecular flexibility index (Phi) is 3.61. The highest BCUT2D eigenvalue weighted by molar-refractivity contribution is 5.32. The number of benzene rings is 2. The topological polar surface area (TPSA) is 86.1 Å². The third-order valence-electron chi connectivity index (χ3n) is 3.19. The van der Waals surface area contributed by atoms with Crippen LogP contribution in [0, 0.1) is 0 Å². The van der Waals surface area contributed by atoms with Gasteiger partial charge in [-0.05, 0) is 24.3 Å². The van der Waals surface area contributed by atoms with Crippen LogP contribution in [0.25, 0.3) is 11.4 Å². The van der Waals surface area contributed by atoms with Gasteiger partial charge in [-0.25, -0.2) is 0 Å². The highest BCUT2D eigenvalue weighted by Gasteiger charge is 2.03. The minimum absolute atomic E-state index is 0.396. The van der Waals surface area contributed by atoms with Crippen LogP contribution in [0.4, 0.5) is 11.6 Å². The Morgan fingerprint density at radius 3 is 1.42 bits per heavy atom. The van der Waals surface area contributed by atoms with Crippen molar-refractivity contribution < 1.29 is 0 Å². The first-order valence-corrected chi connectivity index (χ1v) is 7.26. The van der Waals surface area contributed by atoms with E-state index in [0.717, 1.165) is 11.4 Å². The van der Waals surface area contributed by atoms with Crippen LogP contribution >= 0.6 is 0 Å². The number of rotatable bonds is 4. The first kappa shape index (κ1) is 13.9. The molecule has 0 aliphatic carbocycles. The van der Waals surface area contributed by atoms with Crippen LogP contribution in [-0.4, -0.2) is 30.0 Å². The van der Waals surface area contributed by atoms with Gasteiger partial charge >= 0.3 is 0 Å². The second-order valence-corrected chi connectivity index (χ2v) is 4.86. The summed E-state index contributed by atoms with van der Waals surface area (Å²) in [6.45, 7) is 0. The molecular weight excluding hydrogens is 304 g/mol. The lowest BCUT2D eigenvalue weighted by Gasteiger charge is -1.96. The zero-order valence-electron chi connectivity index (χ0n) is 12.5. The largest absolute Gasteiger partial charge is 0.216 e. The Bertz CT molecular complexity index is 876. The van der Waals surface area contributed by atoms with E-state index in [4.69, 9.17) is 0 Å². The molecule has 0 aliphatic rings. The second kappa shape index (κ2) is 6.21. The fourth-order valence-electron chi connectivity index (χ4n) is 2.08. The number of nitrogens with zero attached hydrogens (tertiary/aromatic N) is 8. The molecule has 0 amide bonds. The number of hydrogen-bond donors (Lipinski definition) is 0. The summed E-state index contributed by atoms with van der Waals surface area (Å²) in [5.41, 5.74) is 1.71. The Morgan fingerprint density at radius 2 is 1.00 bits per heavy atom. The van der Waals surface area contributed by atoms with Gasteiger partial charge in [-0.1, -0.05) is 36.4 Å². The molecular formula is C16H12N8. The molecule has 2 heterocycles. The zero-order valence-corrected chi connectivity index (χ0v) is 12.5. The number of para-hydroxylation sites is 2. The van der Waals surface area contributed by atoms with Crippen molar-refractivity contribution in [2.45, 2.75) is 0 Å². The minimum Gasteiger partial charge on any atom is -0.154 e. The van der Waals surface area contributed by atoms with E-state index in [9.17, 15) is 0 Å². The molecule has 2 aromatic heterocycles. The van der Waals surface area contributed by atoms with E-state index in [0.29, 0.717) is 11.6 Å². The van der Waals surface area contributed by atoms with E-state index >= 15 is 0 Å². The van der Waals surface area contributed by atoms with E-state index < -0.39 is 0 Å². The zero-order chi connectivity index (χ0) is 16.2. The highest BCUT2D eigenvalue weighted by atomic mass is 15.5. The molecule has 24 heavy (non-hydrogen) atoms. The Hall–Kier alpha value is -3.68. The maximum absolute atomic E-state index is 4.25. The molecule has 0 N–H and O–H groups in total. The molecule has 0 fully saturated rings. The number of hydrogen-bond acceptors (Lipinski definition) is 6. The number of azo groups is 1. The summed E-state index contributed by atoms with van der Waals surface area (Å²) < 4.78 is 0. The van der Waals surface area contributed by atoms with E-state index in [2.05, 4.69) is 30.6 Å². The average molecular weight is 316 g/mol. The lowest BCUT2D eigenvalue weighted by atomic mass is 10.3. The third kappa shape index (κ3) is 2.93. The van der Waals surface area contributed by atoms with Gasteiger partial charge in [0.1, 0.15) is 0 Å². The lowest BCUT2D eigenvalue weighted by molar-refractivity contribution is 0.748. The van der Waals surface area contributed by atoms with E-state index in [1.165, 1.54) is 22.0 Å². The molecule has 0 bridgehead atoms. The first-order chi connectivity index (χ1) is 11.9. The Balaban J connectivity index is 1.52. The van der Waals surface area contributed by atoms with Crippen molar-refractivity contribution in [2.24, 2.45) is 10.2 Å². The molecule has 2 aromatic carbocycles. The predicted molar refractivity (Wildman–Crippen MR) is 86.9 cm³/mol. The van der Waals surface area contributed by atoms with Gasteiger partial charge in [-0.2, -0.15) is 10.2 Å². The maximum Gasteiger partial charge on any atom is 0.216 e. The molecule has 0 atom stereocenters. The van der Waals surface area contributed by atoms with Crippen LogP contribution in [0.2, 0.25) is 0 Å². The molecule has 0 saturated heterocycles. The van der Waals surface area contributed by atoms with Gasteiger partial charge in [0.2, 0.25) is 11.6 Å². The molecule has 0 radical (unpaired) electrons. The second-order valence-electron chi connectivity index (χ2n) is 4.86. The predicted octanol–water partition coefficient (Wildman–Crippen LogP) is 3.26. The molecule has 8 nitrogen and oxygen atoms in total. The smallest absolute Gasteiger partial charge is 0.154 e. The average Bonchev–Trinajstić information content (AvgIpc) is 3.31. The van der Waals surface area contributed by atoms with Crippen LogP contribution in [-0.2, 0) is 0 Å². The quantitative estimate of drug-likeness (QED) is 0.541. The monoisotopic (exact) mass is 316 g/mol. The minimum atomic E-state index is 0.396. The maximum atomic E-state index is 4.25. The van der Waals surface area contributed by atoms with Gasteiger partial charge in [0, 0.05) is 0 Å². The molecule has 0 saturated carbocycles. The van der Waals surface area contributed by atoms with Crippen molar-refractivity contribution in [2.75, 3.05) is 0 Å². The van der Waals surface area contributed by atoms with Crippen molar-refractivity contribution in [3.8, 4) is 11.4 Å². The third-order valence-corrected chi connectivity index (χ3v) is 3.19. The SMILES string of the molecule is c1ccc(-n2ncc(N=Nc3cnn(-c4ccccc4)n3)n2)cc1. The van der Waals surface area contributed by atoms with Crippen molar-refractivity contribution in [3.63, 3.8) is 0 Å². The van der Waals surface area contributed by atoms with Gasteiger partial charge in [0.15, 0.2) is 0 Å². The standard InChI is InChI=1S/C16H12N8/c1-3-7-13(8-4-1)23-17-11-15(21-23)19-20-16-12-18-24(22-16)14-9-5-2-6-10-14/h1-12H. The van der Waals surface area contributed by atoms with Crippen molar-refractivity contribution >= 4 is 11.6 Å². The van der Waals surface area contributed by atoms with Gasteiger partial charge in [0.05, 0.1) is 23.8 Å². The van der Waals surface area contributed by atoms with Crippen LogP contribution < -0.4 is 0 Å². The summed E-state index contributed by atoms with van der Waals surface area (Å²) in [5, 5.41) is 24.9. The van der Waals surface area contributed by atoms with Crippen LogP contribution in [0.15, 0.2) is 83.3 Å². The molecule has 0 spiro atoms. The molecule has 116 valence electrons. The van der Waals surface area contributed by atoms with Gasteiger partial charge < -0.3 is 0 Å². The highest BCUT2D eigenvalue weighted by Crippen LogP contribution is 2.15. The van der Waals surface area contributed by atoms with Crippen molar-refractivity contribution in [3.05, 3.63) is 73.1 Å². The van der Waals surface area contributed by atoms with Gasteiger partial charge in [-0.3, -0.25) is 0 Å². The lowest BCUT2D eigenvalue weighted by Crippen LogP contribution is -1.97. The summed E-state index contributed by atoms with van der Waals surface area (Å²) in [5.74, 6) is 0.793. The fourth-order valence-corrected chi connectivity index (χ4v) is 2.08. The normalized spacial score (nSPS) is 11.2. The van der Waals surface area contributed by atoms with Gasteiger partial charge in [-0.15, -0.1) is 30.0 Å². The fraction of sp³-hybridized carbons (Fsp3) is 0. The van der Waals surface area contributed by atoms with E-state index in [1.807, 2.05) is 60.7 Å². The summed E-state index contributed by atoms with van der Waals surface area (Å²) in [4.78, 5) is 2.99. The first-order valence-electron chi connectivity index (χ1n) is 7.26. The van der Waals surface area contributed by atoms with E-state index in [-0.39, 0.29) is 0 Å². The molecule has 4 aromatic rings.